The first-order chi connectivity index (χ1) is 10.7. The van der Waals surface area contributed by atoms with Crippen molar-refractivity contribution in [2.75, 3.05) is 7.05 Å². The molecule has 4 heteroatoms. The molecule has 4 nitrogen and oxygen atoms in total. The van der Waals surface area contributed by atoms with Gasteiger partial charge >= 0.3 is 6.09 Å². The average molecular weight is 325 g/mol. The zero-order valence-electron chi connectivity index (χ0n) is 15.7. The van der Waals surface area contributed by atoms with Crippen LogP contribution in [-0.4, -0.2) is 41.8 Å². The Bertz CT molecular complexity index is 375. The lowest BCUT2D eigenvalue weighted by Crippen LogP contribution is -2.47. The quantitative estimate of drug-likeness (QED) is 0.840. The van der Waals surface area contributed by atoms with Gasteiger partial charge in [0.25, 0.3) is 0 Å². The molecule has 134 valence electrons. The number of carbonyl (C=O) groups excluding carboxylic acids is 1. The summed E-state index contributed by atoms with van der Waals surface area (Å²) in [5, 5.41) is 3.87. The Balaban J connectivity index is 1.72. The Hall–Kier alpha value is -0.770. The second-order valence-corrected chi connectivity index (χ2v) is 8.72. The molecule has 0 saturated heterocycles. The van der Waals surface area contributed by atoms with E-state index in [2.05, 4.69) is 12.2 Å². The van der Waals surface area contributed by atoms with E-state index < -0.39 is 5.60 Å². The molecule has 0 unspecified atom stereocenters. The van der Waals surface area contributed by atoms with Gasteiger partial charge in [-0.2, -0.15) is 0 Å². The van der Waals surface area contributed by atoms with Gasteiger partial charge in [-0.3, -0.25) is 0 Å². The zero-order chi connectivity index (χ0) is 17.0. The average Bonchev–Trinajstić information content (AvgIpc) is 2.48. The van der Waals surface area contributed by atoms with Crippen LogP contribution in [0.1, 0.15) is 79.1 Å². The van der Waals surface area contributed by atoms with Gasteiger partial charge in [0, 0.05) is 25.2 Å². The number of amides is 1. The Labute approximate surface area is 142 Å². The topological polar surface area (TPSA) is 41.6 Å². The summed E-state index contributed by atoms with van der Waals surface area (Å²) in [6, 6.07) is 1.68. The van der Waals surface area contributed by atoms with Gasteiger partial charge in [-0.25, -0.2) is 4.79 Å². The van der Waals surface area contributed by atoms with Crippen molar-refractivity contribution in [1.82, 2.24) is 10.2 Å². The Morgan fingerprint density at radius 2 is 1.43 bits per heavy atom. The van der Waals surface area contributed by atoms with Crippen molar-refractivity contribution in [2.45, 2.75) is 103 Å². The lowest BCUT2D eigenvalue weighted by Gasteiger charge is -2.38. The molecule has 0 aromatic carbocycles. The fourth-order valence-corrected chi connectivity index (χ4v) is 3.87. The molecular formula is C19H36N2O2. The van der Waals surface area contributed by atoms with E-state index >= 15 is 0 Å². The molecular weight excluding hydrogens is 288 g/mol. The van der Waals surface area contributed by atoms with Crippen LogP contribution in [0.3, 0.4) is 0 Å². The third-order valence-electron chi connectivity index (χ3n) is 5.41. The smallest absolute Gasteiger partial charge is 0.410 e. The predicted octanol–water partition coefficient (Wildman–Crippen LogP) is 4.33. The van der Waals surface area contributed by atoms with Crippen molar-refractivity contribution < 1.29 is 9.53 Å². The number of nitrogens with one attached hydrogen (secondary N) is 1. The van der Waals surface area contributed by atoms with E-state index in [0.29, 0.717) is 12.1 Å². The van der Waals surface area contributed by atoms with Gasteiger partial charge in [0.15, 0.2) is 0 Å². The van der Waals surface area contributed by atoms with Crippen LogP contribution in [0.2, 0.25) is 0 Å². The van der Waals surface area contributed by atoms with Crippen molar-refractivity contribution in [3.05, 3.63) is 0 Å². The number of hydrogen-bond acceptors (Lipinski definition) is 3. The van der Waals surface area contributed by atoms with Crippen molar-refractivity contribution in [3.8, 4) is 0 Å². The van der Waals surface area contributed by atoms with Gasteiger partial charge in [0.1, 0.15) is 5.60 Å². The Morgan fingerprint density at radius 1 is 0.957 bits per heavy atom. The molecule has 0 aromatic heterocycles. The summed E-state index contributed by atoms with van der Waals surface area (Å²) < 4.78 is 5.48. The van der Waals surface area contributed by atoms with Crippen molar-refractivity contribution in [2.24, 2.45) is 5.92 Å². The van der Waals surface area contributed by atoms with E-state index in [1.165, 1.54) is 38.5 Å². The highest BCUT2D eigenvalue weighted by Crippen LogP contribution is 2.27. The largest absolute Gasteiger partial charge is 0.444 e. The molecule has 0 aliphatic heterocycles. The molecule has 0 radical (unpaired) electrons. The lowest BCUT2D eigenvalue weighted by molar-refractivity contribution is 0.0177. The Morgan fingerprint density at radius 3 is 1.91 bits per heavy atom. The second-order valence-electron chi connectivity index (χ2n) is 8.72. The van der Waals surface area contributed by atoms with Crippen LogP contribution in [0.4, 0.5) is 4.79 Å². The molecule has 0 heterocycles. The molecule has 2 aliphatic rings. The summed E-state index contributed by atoms with van der Waals surface area (Å²) in [5.41, 5.74) is -0.414. The van der Waals surface area contributed by atoms with Gasteiger partial charge in [0.2, 0.25) is 0 Å². The van der Waals surface area contributed by atoms with E-state index in [1.54, 1.807) is 0 Å². The van der Waals surface area contributed by atoms with Gasteiger partial charge in [-0.1, -0.05) is 6.92 Å². The van der Waals surface area contributed by atoms with Crippen LogP contribution in [0, 0.1) is 5.92 Å². The summed E-state index contributed by atoms with van der Waals surface area (Å²) in [4.78, 5) is 14.0. The molecule has 2 fully saturated rings. The summed E-state index contributed by atoms with van der Waals surface area (Å²) >= 11 is 0. The van der Waals surface area contributed by atoms with E-state index in [9.17, 15) is 4.79 Å². The minimum Gasteiger partial charge on any atom is -0.444 e. The second kappa shape index (κ2) is 7.87. The van der Waals surface area contributed by atoms with E-state index in [1.807, 2.05) is 32.7 Å². The molecule has 0 atom stereocenters. The third-order valence-corrected chi connectivity index (χ3v) is 5.41. The molecule has 2 saturated carbocycles. The number of nitrogens with zero attached hydrogens (tertiary/aromatic N) is 1. The number of ether oxygens (including phenoxy) is 1. The zero-order valence-corrected chi connectivity index (χ0v) is 15.7. The van der Waals surface area contributed by atoms with Crippen LogP contribution in [-0.2, 0) is 4.74 Å². The van der Waals surface area contributed by atoms with Crippen LogP contribution in [0.5, 0.6) is 0 Å². The standard InChI is InChI=1S/C19H36N2O2/c1-14-6-8-15(9-7-14)20-16-10-12-17(13-11-16)21(5)18(22)23-19(2,3)4/h14-17,20H,6-13H2,1-5H3. The molecule has 1 N–H and O–H groups in total. The van der Waals surface area contributed by atoms with Crippen molar-refractivity contribution in [1.29, 1.82) is 0 Å². The molecule has 23 heavy (non-hydrogen) atoms. The molecule has 0 aromatic rings. The normalized spacial score (nSPS) is 32.4. The summed E-state index contributed by atoms with van der Waals surface area (Å²) in [5.74, 6) is 0.909. The number of carbonyl (C=O) groups is 1. The van der Waals surface area contributed by atoms with Crippen molar-refractivity contribution in [3.63, 3.8) is 0 Å². The first-order valence-corrected chi connectivity index (χ1v) is 9.46. The Kier molecular flexibility index (Phi) is 6.35. The molecule has 0 spiro atoms. The molecule has 2 aliphatic carbocycles. The van der Waals surface area contributed by atoms with Crippen molar-refractivity contribution >= 4 is 6.09 Å². The maximum Gasteiger partial charge on any atom is 0.410 e. The van der Waals surface area contributed by atoms with E-state index in [4.69, 9.17) is 4.74 Å². The SMILES string of the molecule is CC1CCC(NC2CCC(N(C)C(=O)OC(C)(C)C)CC2)CC1. The van der Waals surface area contributed by atoms with Gasteiger partial charge in [0.05, 0.1) is 0 Å². The fraction of sp³-hybridized carbons (Fsp3) is 0.947. The van der Waals surface area contributed by atoms with Crippen LogP contribution in [0.25, 0.3) is 0 Å². The summed E-state index contributed by atoms with van der Waals surface area (Å²) in [6.45, 7) is 8.13. The first kappa shape index (κ1) is 18.6. The predicted molar refractivity (Wildman–Crippen MR) is 94.6 cm³/mol. The van der Waals surface area contributed by atoms with Crippen LogP contribution in [0.15, 0.2) is 0 Å². The maximum absolute atomic E-state index is 12.2. The van der Waals surface area contributed by atoms with E-state index in [0.717, 1.165) is 24.8 Å². The monoisotopic (exact) mass is 324 g/mol. The van der Waals surface area contributed by atoms with Gasteiger partial charge < -0.3 is 15.0 Å². The highest BCUT2D eigenvalue weighted by Gasteiger charge is 2.30. The lowest BCUT2D eigenvalue weighted by atomic mass is 9.85. The highest BCUT2D eigenvalue weighted by molar-refractivity contribution is 5.68. The molecule has 0 bridgehead atoms. The summed E-state index contributed by atoms with van der Waals surface area (Å²) in [7, 11) is 1.88. The molecule has 1 amide bonds. The first-order valence-electron chi connectivity index (χ1n) is 9.46. The van der Waals surface area contributed by atoms with Crippen LogP contribution >= 0.6 is 0 Å². The molecule has 2 rings (SSSR count). The van der Waals surface area contributed by atoms with Gasteiger partial charge in [-0.15, -0.1) is 0 Å². The minimum absolute atomic E-state index is 0.185. The van der Waals surface area contributed by atoms with Crippen LogP contribution < -0.4 is 5.32 Å². The third kappa shape index (κ3) is 5.98. The highest BCUT2D eigenvalue weighted by atomic mass is 16.6. The van der Waals surface area contributed by atoms with E-state index in [-0.39, 0.29) is 6.09 Å². The summed E-state index contributed by atoms with van der Waals surface area (Å²) in [6.07, 6.45) is 9.72. The number of hydrogen-bond donors (Lipinski definition) is 1. The fourth-order valence-electron chi connectivity index (χ4n) is 3.87. The van der Waals surface area contributed by atoms with Gasteiger partial charge in [-0.05, 0) is 78.1 Å². The maximum atomic E-state index is 12.2. The minimum atomic E-state index is -0.414. The number of rotatable bonds is 3.